The SMILES string of the molecule is Cc1ccnc2c1NCC1CC(C)CCN21. The van der Waals surface area contributed by atoms with Crippen LogP contribution in [0.15, 0.2) is 12.3 Å². The van der Waals surface area contributed by atoms with Crippen molar-refractivity contribution in [1.82, 2.24) is 4.98 Å². The Balaban J connectivity index is 1.97. The van der Waals surface area contributed by atoms with Crippen molar-refractivity contribution in [2.75, 3.05) is 23.3 Å². The van der Waals surface area contributed by atoms with E-state index in [1.54, 1.807) is 0 Å². The minimum atomic E-state index is 0.644. The van der Waals surface area contributed by atoms with E-state index in [1.807, 2.05) is 6.20 Å². The van der Waals surface area contributed by atoms with Crippen LogP contribution in [0.3, 0.4) is 0 Å². The maximum atomic E-state index is 4.55. The van der Waals surface area contributed by atoms with Gasteiger partial charge in [0.2, 0.25) is 0 Å². The second-order valence-corrected chi connectivity index (χ2v) is 5.18. The fraction of sp³-hybridized carbons (Fsp3) is 0.615. The molecule has 2 aliphatic heterocycles. The molecule has 0 aromatic carbocycles. The lowest BCUT2D eigenvalue weighted by atomic mass is 9.91. The van der Waals surface area contributed by atoms with E-state index in [9.17, 15) is 0 Å². The lowest BCUT2D eigenvalue weighted by Crippen LogP contribution is -2.49. The molecule has 2 aliphatic rings. The Morgan fingerprint density at radius 1 is 1.50 bits per heavy atom. The maximum Gasteiger partial charge on any atom is 0.152 e. The van der Waals surface area contributed by atoms with Crippen molar-refractivity contribution in [2.24, 2.45) is 5.92 Å². The molecule has 0 amide bonds. The van der Waals surface area contributed by atoms with Crippen molar-refractivity contribution in [3.63, 3.8) is 0 Å². The highest BCUT2D eigenvalue weighted by molar-refractivity contribution is 5.72. The molecule has 1 N–H and O–H groups in total. The number of aromatic nitrogens is 1. The second kappa shape index (κ2) is 3.65. The number of nitrogens with one attached hydrogen (secondary N) is 1. The van der Waals surface area contributed by atoms with Crippen LogP contribution in [0.5, 0.6) is 0 Å². The van der Waals surface area contributed by atoms with E-state index in [0.717, 1.165) is 19.0 Å². The lowest BCUT2D eigenvalue weighted by molar-refractivity contribution is 0.365. The van der Waals surface area contributed by atoms with E-state index in [0.29, 0.717) is 6.04 Å². The molecule has 3 rings (SSSR count). The second-order valence-electron chi connectivity index (χ2n) is 5.18. The van der Waals surface area contributed by atoms with Gasteiger partial charge in [-0.2, -0.15) is 0 Å². The summed E-state index contributed by atoms with van der Waals surface area (Å²) in [6.45, 7) is 6.75. The predicted octanol–water partition coefficient (Wildman–Crippen LogP) is 2.42. The van der Waals surface area contributed by atoms with Crippen molar-refractivity contribution < 1.29 is 0 Å². The molecule has 0 saturated carbocycles. The number of nitrogens with zero attached hydrogens (tertiary/aromatic N) is 2. The highest BCUT2D eigenvalue weighted by Crippen LogP contribution is 2.36. The number of piperidine rings is 1. The van der Waals surface area contributed by atoms with Crippen LogP contribution in [0, 0.1) is 12.8 Å². The summed E-state index contributed by atoms with van der Waals surface area (Å²) in [6.07, 6.45) is 4.52. The predicted molar refractivity (Wildman–Crippen MR) is 67.0 cm³/mol. The Morgan fingerprint density at radius 2 is 2.38 bits per heavy atom. The van der Waals surface area contributed by atoms with Gasteiger partial charge >= 0.3 is 0 Å². The minimum absolute atomic E-state index is 0.644. The molecule has 0 bridgehead atoms. The van der Waals surface area contributed by atoms with Gasteiger partial charge in [0.05, 0.1) is 5.69 Å². The highest BCUT2D eigenvalue weighted by Gasteiger charge is 2.32. The normalized spacial score (nSPS) is 28.0. The molecule has 3 heteroatoms. The van der Waals surface area contributed by atoms with Crippen molar-refractivity contribution in [3.05, 3.63) is 17.8 Å². The Bertz CT molecular complexity index is 402. The standard InChI is InChI=1S/C13H19N3/c1-9-4-6-16-11(7-9)8-15-12-10(2)3-5-14-13(12)16/h3,5,9,11,15H,4,6-8H2,1-2H3. The summed E-state index contributed by atoms with van der Waals surface area (Å²) in [5, 5.41) is 3.55. The van der Waals surface area contributed by atoms with Crippen molar-refractivity contribution in [1.29, 1.82) is 0 Å². The van der Waals surface area contributed by atoms with Crippen molar-refractivity contribution in [2.45, 2.75) is 32.7 Å². The Labute approximate surface area is 96.9 Å². The van der Waals surface area contributed by atoms with Crippen LogP contribution < -0.4 is 10.2 Å². The molecular weight excluding hydrogens is 198 g/mol. The van der Waals surface area contributed by atoms with Gasteiger partial charge in [-0.15, -0.1) is 0 Å². The lowest BCUT2D eigenvalue weighted by Gasteiger charge is -2.43. The number of rotatable bonds is 0. The molecule has 2 unspecified atom stereocenters. The van der Waals surface area contributed by atoms with Crippen LogP contribution in [0.1, 0.15) is 25.3 Å². The van der Waals surface area contributed by atoms with Gasteiger partial charge in [-0.3, -0.25) is 0 Å². The van der Waals surface area contributed by atoms with Gasteiger partial charge in [-0.1, -0.05) is 6.92 Å². The molecule has 0 radical (unpaired) electrons. The van der Waals surface area contributed by atoms with Gasteiger partial charge in [0.25, 0.3) is 0 Å². The number of anilines is 2. The summed E-state index contributed by atoms with van der Waals surface area (Å²) in [4.78, 5) is 7.05. The zero-order chi connectivity index (χ0) is 11.1. The fourth-order valence-electron chi connectivity index (χ4n) is 2.92. The molecule has 1 fully saturated rings. The molecule has 1 aromatic rings. The van der Waals surface area contributed by atoms with Crippen LogP contribution >= 0.6 is 0 Å². The van der Waals surface area contributed by atoms with E-state index in [1.165, 1.54) is 29.9 Å². The highest BCUT2D eigenvalue weighted by atomic mass is 15.3. The maximum absolute atomic E-state index is 4.55. The zero-order valence-corrected chi connectivity index (χ0v) is 10.0. The summed E-state index contributed by atoms with van der Waals surface area (Å²) in [5.41, 5.74) is 2.55. The third-order valence-electron chi connectivity index (χ3n) is 3.90. The summed E-state index contributed by atoms with van der Waals surface area (Å²) in [6, 6.07) is 2.73. The molecule has 0 aliphatic carbocycles. The van der Waals surface area contributed by atoms with Crippen LogP contribution in [0.25, 0.3) is 0 Å². The van der Waals surface area contributed by atoms with E-state index in [-0.39, 0.29) is 0 Å². The number of hydrogen-bond acceptors (Lipinski definition) is 3. The third kappa shape index (κ3) is 1.46. The van der Waals surface area contributed by atoms with Gasteiger partial charge in [0, 0.05) is 25.3 Å². The first-order valence-corrected chi connectivity index (χ1v) is 6.22. The number of hydrogen-bond donors (Lipinski definition) is 1. The molecule has 0 spiro atoms. The molecule has 1 saturated heterocycles. The van der Waals surface area contributed by atoms with E-state index in [4.69, 9.17) is 0 Å². The van der Waals surface area contributed by atoms with Gasteiger partial charge in [-0.05, 0) is 37.3 Å². The van der Waals surface area contributed by atoms with E-state index in [2.05, 4.69) is 35.1 Å². The number of aryl methyl sites for hydroxylation is 1. The first kappa shape index (κ1) is 9.94. The third-order valence-corrected chi connectivity index (χ3v) is 3.90. The monoisotopic (exact) mass is 217 g/mol. The molecule has 2 atom stereocenters. The van der Waals surface area contributed by atoms with Crippen molar-refractivity contribution in [3.8, 4) is 0 Å². The molecule has 3 heterocycles. The molecule has 16 heavy (non-hydrogen) atoms. The first-order chi connectivity index (χ1) is 7.75. The van der Waals surface area contributed by atoms with Gasteiger partial charge in [-0.25, -0.2) is 4.98 Å². The Hall–Kier alpha value is -1.25. The quantitative estimate of drug-likeness (QED) is 0.723. The molecule has 1 aromatic heterocycles. The average molecular weight is 217 g/mol. The van der Waals surface area contributed by atoms with Gasteiger partial charge < -0.3 is 10.2 Å². The Morgan fingerprint density at radius 3 is 3.25 bits per heavy atom. The topological polar surface area (TPSA) is 28.2 Å². The van der Waals surface area contributed by atoms with E-state index < -0.39 is 0 Å². The van der Waals surface area contributed by atoms with Crippen molar-refractivity contribution >= 4 is 11.5 Å². The molecule has 3 nitrogen and oxygen atoms in total. The molecule has 86 valence electrons. The smallest absolute Gasteiger partial charge is 0.152 e. The Kier molecular flexibility index (Phi) is 2.27. The van der Waals surface area contributed by atoms with Crippen LogP contribution in [0.2, 0.25) is 0 Å². The summed E-state index contributed by atoms with van der Waals surface area (Å²) in [7, 11) is 0. The summed E-state index contributed by atoms with van der Waals surface area (Å²) in [5.74, 6) is 2.03. The zero-order valence-electron chi connectivity index (χ0n) is 10.0. The largest absolute Gasteiger partial charge is 0.380 e. The van der Waals surface area contributed by atoms with Crippen LogP contribution in [0.4, 0.5) is 11.5 Å². The summed E-state index contributed by atoms with van der Waals surface area (Å²) >= 11 is 0. The van der Waals surface area contributed by atoms with Gasteiger partial charge in [0.15, 0.2) is 5.82 Å². The van der Waals surface area contributed by atoms with E-state index >= 15 is 0 Å². The number of pyridine rings is 1. The van der Waals surface area contributed by atoms with Crippen LogP contribution in [-0.2, 0) is 0 Å². The van der Waals surface area contributed by atoms with Crippen LogP contribution in [-0.4, -0.2) is 24.1 Å². The number of fused-ring (bicyclic) bond motifs is 3. The molecular formula is C13H19N3. The van der Waals surface area contributed by atoms with Gasteiger partial charge in [0.1, 0.15) is 0 Å². The first-order valence-electron chi connectivity index (χ1n) is 6.22. The minimum Gasteiger partial charge on any atom is -0.380 e. The average Bonchev–Trinajstić information content (AvgIpc) is 2.28. The summed E-state index contributed by atoms with van der Waals surface area (Å²) < 4.78 is 0. The fourth-order valence-corrected chi connectivity index (χ4v) is 2.92.